The average Bonchev–Trinajstić information content (AvgIpc) is 2.67. The Morgan fingerprint density at radius 2 is 1.60 bits per heavy atom. The van der Waals surface area contributed by atoms with Gasteiger partial charge in [-0.3, -0.25) is 9.59 Å². The van der Waals surface area contributed by atoms with Gasteiger partial charge in [-0.2, -0.15) is 0 Å². The number of carbonyl (C=O) groups excluding carboxylic acids is 2. The van der Waals surface area contributed by atoms with Gasteiger partial charge in [-0.25, -0.2) is 0 Å². The Kier molecular flexibility index (Phi) is 5.46. The number of rotatable bonds is 4. The maximum absolute atomic E-state index is 12.6. The minimum absolute atomic E-state index is 0.00851. The van der Waals surface area contributed by atoms with Crippen molar-refractivity contribution < 1.29 is 9.59 Å². The first-order valence-corrected chi connectivity index (χ1v) is 8.53. The number of benzene rings is 2. The third-order valence-electron chi connectivity index (χ3n) is 4.46. The number of hydrogen-bond acceptors (Lipinski definition) is 3. The molecule has 0 spiro atoms. The zero-order chi connectivity index (χ0) is 17.6. The Morgan fingerprint density at radius 1 is 0.920 bits per heavy atom. The summed E-state index contributed by atoms with van der Waals surface area (Å²) < 4.78 is 0. The normalized spacial score (nSPS) is 15.0. The van der Waals surface area contributed by atoms with E-state index in [1.54, 1.807) is 24.3 Å². The number of carbonyl (C=O) groups is 2. The molecular weight excluding hydrogens is 314 g/mol. The molecule has 1 N–H and O–H groups in total. The molecule has 0 unspecified atom stereocenters. The van der Waals surface area contributed by atoms with Crippen molar-refractivity contribution in [3.05, 3.63) is 71.3 Å². The number of likely N-dealkylation sites (N-methyl/N-ethyl adjacent to an activating group) is 1. The first-order chi connectivity index (χ1) is 12.1. The van der Waals surface area contributed by atoms with Crippen molar-refractivity contribution in [2.45, 2.75) is 6.54 Å². The van der Waals surface area contributed by atoms with Crippen LogP contribution in [0.2, 0.25) is 0 Å². The van der Waals surface area contributed by atoms with Gasteiger partial charge in [-0.15, -0.1) is 0 Å². The van der Waals surface area contributed by atoms with Crippen molar-refractivity contribution in [1.29, 1.82) is 0 Å². The predicted molar refractivity (Wildman–Crippen MR) is 97.5 cm³/mol. The average molecular weight is 337 g/mol. The highest BCUT2D eigenvalue weighted by Gasteiger charge is 2.21. The number of nitrogens with one attached hydrogen (secondary N) is 1. The first-order valence-electron chi connectivity index (χ1n) is 8.53. The molecule has 0 atom stereocenters. The van der Waals surface area contributed by atoms with E-state index in [1.807, 2.05) is 35.2 Å². The zero-order valence-corrected chi connectivity index (χ0v) is 14.4. The Bertz CT molecular complexity index is 738. The standard InChI is InChI=1S/C20H23N3O2/c1-22-10-12-23(13-11-22)20(25)18-9-5-8-17(14-18)19(24)21-15-16-6-3-2-4-7-16/h2-9,14H,10-13,15H2,1H3,(H,21,24). The predicted octanol–water partition coefficient (Wildman–Crippen LogP) is 2.00. The molecule has 2 aromatic carbocycles. The highest BCUT2D eigenvalue weighted by Crippen LogP contribution is 2.11. The topological polar surface area (TPSA) is 52.7 Å². The summed E-state index contributed by atoms with van der Waals surface area (Å²) >= 11 is 0. The number of piperazine rings is 1. The zero-order valence-electron chi connectivity index (χ0n) is 14.4. The smallest absolute Gasteiger partial charge is 0.253 e. The SMILES string of the molecule is CN1CCN(C(=O)c2cccc(C(=O)NCc3ccccc3)c2)CC1. The summed E-state index contributed by atoms with van der Waals surface area (Å²) in [4.78, 5) is 29.1. The van der Waals surface area contributed by atoms with E-state index >= 15 is 0 Å². The van der Waals surface area contributed by atoms with Crippen LogP contribution < -0.4 is 5.32 Å². The molecule has 0 radical (unpaired) electrons. The monoisotopic (exact) mass is 337 g/mol. The van der Waals surface area contributed by atoms with Gasteiger partial charge >= 0.3 is 0 Å². The van der Waals surface area contributed by atoms with Gasteiger partial charge in [-0.05, 0) is 30.8 Å². The molecule has 0 aromatic heterocycles. The largest absolute Gasteiger partial charge is 0.348 e. The van der Waals surface area contributed by atoms with Crippen molar-refractivity contribution in [2.75, 3.05) is 33.2 Å². The van der Waals surface area contributed by atoms with Crippen LogP contribution in [0, 0.1) is 0 Å². The molecule has 25 heavy (non-hydrogen) atoms. The van der Waals surface area contributed by atoms with Gasteiger partial charge in [0.15, 0.2) is 0 Å². The molecule has 1 aliphatic heterocycles. The summed E-state index contributed by atoms with van der Waals surface area (Å²) in [6.45, 7) is 3.67. The van der Waals surface area contributed by atoms with E-state index < -0.39 is 0 Å². The third-order valence-corrected chi connectivity index (χ3v) is 4.46. The summed E-state index contributed by atoms with van der Waals surface area (Å²) in [6, 6.07) is 16.7. The maximum Gasteiger partial charge on any atom is 0.253 e. The molecule has 1 fully saturated rings. The number of nitrogens with zero attached hydrogens (tertiary/aromatic N) is 2. The second-order valence-corrected chi connectivity index (χ2v) is 6.34. The first kappa shape index (κ1) is 17.2. The van der Waals surface area contributed by atoms with Crippen LogP contribution in [0.3, 0.4) is 0 Å². The lowest BCUT2D eigenvalue weighted by atomic mass is 10.1. The quantitative estimate of drug-likeness (QED) is 0.928. The van der Waals surface area contributed by atoms with Crippen molar-refractivity contribution in [2.24, 2.45) is 0 Å². The van der Waals surface area contributed by atoms with Crippen molar-refractivity contribution in [3.63, 3.8) is 0 Å². The van der Waals surface area contributed by atoms with E-state index in [1.165, 1.54) is 0 Å². The molecule has 2 amide bonds. The van der Waals surface area contributed by atoms with Gasteiger partial charge < -0.3 is 15.1 Å². The molecule has 1 saturated heterocycles. The molecular formula is C20H23N3O2. The fourth-order valence-corrected chi connectivity index (χ4v) is 2.87. The van der Waals surface area contributed by atoms with E-state index in [4.69, 9.17) is 0 Å². The van der Waals surface area contributed by atoms with E-state index in [0.29, 0.717) is 17.7 Å². The molecule has 0 bridgehead atoms. The molecule has 5 nitrogen and oxygen atoms in total. The summed E-state index contributed by atoms with van der Waals surface area (Å²) in [7, 11) is 2.06. The summed E-state index contributed by atoms with van der Waals surface area (Å²) in [5.74, 6) is -0.178. The molecule has 1 aliphatic rings. The van der Waals surface area contributed by atoms with Gasteiger partial charge in [0, 0.05) is 43.9 Å². The van der Waals surface area contributed by atoms with Gasteiger partial charge in [0.2, 0.25) is 0 Å². The fourth-order valence-electron chi connectivity index (χ4n) is 2.87. The van der Waals surface area contributed by atoms with Crippen LogP contribution in [-0.4, -0.2) is 54.8 Å². The highest BCUT2D eigenvalue weighted by molar-refractivity contribution is 5.99. The number of amides is 2. The second kappa shape index (κ2) is 7.94. The van der Waals surface area contributed by atoms with Crippen LogP contribution in [0.15, 0.2) is 54.6 Å². The van der Waals surface area contributed by atoms with Crippen LogP contribution in [0.25, 0.3) is 0 Å². The minimum atomic E-state index is -0.170. The van der Waals surface area contributed by atoms with E-state index in [2.05, 4.69) is 17.3 Å². The lowest BCUT2D eigenvalue weighted by Crippen LogP contribution is -2.47. The van der Waals surface area contributed by atoms with Crippen LogP contribution in [0.5, 0.6) is 0 Å². The van der Waals surface area contributed by atoms with Crippen LogP contribution in [-0.2, 0) is 6.54 Å². The molecule has 2 aromatic rings. The highest BCUT2D eigenvalue weighted by atomic mass is 16.2. The van der Waals surface area contributed by atoms with E-state index in [-0.39, 0.29) is 11.8 Å². The van der Waals surface area contributed by atoms with E-state index in [9.17, 15) is 9.59 Å². The lowest BCUT2D eigenvalue weighted by molar-refractivity contribution is 0.0664. The Labute approximate surface area is 148 Å². The lowest BCUT2D eigenvalue weighted by Gasteiger charge is -2.32. The van der Waals surface area contributed by atoms with Crippen LogP contribution in [0.4, 0.5) is 0 Å². The molecule has 130 valence electrons. The number of hydrogen-bond donors (Lipinski definition) is 1. The minimum Gasteiger partial charge on any atom is -0.348 e. The van der Waals surface area contributed by atoms with Gasteiger partial charge in [-0.1, -0.05) is 36.4 Å². The molecule has 1 heterocycles. The van der Waals surface area contributed by atoms with E-state index in [0.717, 1.165) is 31.7 Å². The van der Waals surface area contributed by atoms with Crippen molar-refractivity contribution >= 4 is 11.8 Å². The molecule has 0 saturated carbocycles. The van der Waals surface area contributed by atoms with Gasteiger partial charge in [0.05, 0.1) is 0 Å². The fraction of sp³-hybridized carbons (Fsp3) is 0.300. The van der Waals surface area contributed by atoms with Crippen LogP contribution in [0.1, 0.15) is 26.3 Å². The van der Waals surface area contributed by atoms with Gasteiger partial charge in [0.1, 0.15) is 0 Å². The van der Waals surface area contributed by atoms with Crippen molar-refractivity contribution in [3.8, 4) is 0 Å². The Morgan fingerprint density at radius 3 is 2.32 bits per heavy atom. The maximum atomic E-state index is 12.6. The Balaban J connectivity index is 1.64. The third kappa shape index (κ3) is 4.45. The molecule has 3 rings (SSSR count). The van der Waals surface area contributed by atoms with Crippen molar-refractivity contribution in [1.82, 2.24) is 15.1 Å². The van der Waals surface area contributed by atoms with Crippen LogP contribution >= 0.6 is 0 Å². The molecule has 0 aliphatic carbocycles. The summed E-state index contributed by atoms with van der Waals surface area (Å²) in [5, 5.41) is 2.90. The Hall–Kier alpha value is -2.66. The second-order valence-electron chi connectivity index (χ2n) is 6.34. The summed E-state index contributed by atoms with van der Waals surface area (Å²) in [6.07, 6.45) is 0. The summed E-state index contributed by atoms with van der Waals surface area (Å²) in [5.41, 5.74) is 2.12. The van der Waals surface area contributed by atoms with Gasteiger partial charge in [0.25, 0.3) is 11.8 Å². The molecule has 5 heteroatoms.